The van der Waals surface area contributed by atoms with Crippen molar-refractivity contribution in [1.82, 2.24) is 0 Å². The van der Waals surface area contributed by atoms with Crippen molar-refractivity contribution in [1.29, 1.82) is 5.26 Å². The molecule has 6 nitrogen and oxygen atoms in total. The average molecular weight is 394 g/mol. The molecule has 0 radical (unpaired) electrons. The van der Waals surface area contributed by atoms with E-state index in [9.17, 15) is 9.59 Å². The van der Waals surface area contributed by atoms with Crippen molar-refractivity contribution in [3.05, 3.63) is 58.7 Å². The molecular weight excluding hydrogens is 368 g/mol. The van der Waals surface area contributed by atoms with E-state index in [1.807, 2.05) is 45.9 Å². The molecule has 0 saturated carbocycles. The lowest BCUT2D eigenvalue weighted by atomic mass is 10.00. The molecule has 152 valence electrons. The second-order valence-corrected chi connectivity index (χ2v) is 6.73. The summed E-state index contributed by atoms with van der Waals surface area (Å²) in [5, 5.41) is 8.91. The van der Waals surface area contributed by atoms with Gasteiger partial charge in [0.25, 0.3) is 5.91 Å². The number of benzene rings is 2. The molecule has 29 heavy (non-hydrogen) atoms. The molecule has 0 aliphatic rings. The first kappa shape index (κ1) is 22.0. The van der Waals surface area contributed by atoms with Gasteiger partial charge in [0.15, 0.2) is 6.61 Å². The Kier molecular flexibility index (Phi) is 7.79. The van der Waals surface area contributed by atoms with Crippen LogP contribution in [0.3, 0.4) is 0 Å². The minimum atomic E-state index is -0.528. The van der Waals surface area contributed by atoms with Gasteiger partial charge in [0.05, 0.1) is 24.7 Å². The third-order valence-electron chi connectivity index (χ3n) is 4.42. The molecular formula is C23H26N2O4. The molecule has 0 spiro atoms. The third kappa shape index (κ3) is 5.82. The predicted molar refractivity (Wildman–Crippen MR) is 111 cm³/mol. The molecule has 0 heterocycles. The molecule has 0 atom stereocenters. The van der Waals surface area contributed by atoms with Crippen molar-refractivity contribution in [2.75, 3.05) is 24.7 Å². The van der Waals surface area contributed by atoms with Gasteiger partial charge in [-0.3, -0.25) is 4.79 Å². The Labute approximate surface area is 171 Å². The van der Waals surface area contributed by atoms with E-state index in [0.717, 1.165) is 16.7 Å². The second-order valence-electron chi connectivity index (χ2n) is 6.73. The predicted octanol–water partition coefficient (Wildman–Crippen LogP) is 4.11. The summed E-state index contributed by atoms with van der Waals surface area (Å²) in [6.07, 6.45) is 0.170. The largest absolute Gasteiger partial charge is 0.494 e. The van der Waals surface area contributed by atoms with E-state index in [1.165, 1.54) is 4.90 Å². The van der Waals surface area contributed by atoms with Crippen LogP contribution in [0.4, 0.5) is 5.69 Å². The zero-order valence-corrected chi connectivity index (χ0v) is 17.3. The first-order chi connectivity index (χ1) is 13.9. The van der Waals surface area contributed by atoms with Gasteiger partial charge >= 0.3 is 5.97 Å². The van der Waals surface area contributed by atoms with Crippen molar-refractivity contribution in [3.8, 4) is 11.8 Å². The number of rotatable bonds is 8. The average Bonchev–Trinajstić information content (AvgIpc) is 2.67. The van der Waals surface area contributed by atoms with E-state index in [-0.39, 0.29) is 18.9 Å². The smallest absolute Gasteiger partial charge is 0.339 e. The number of esters is 1. The first-order valence-electron chi connectivity index (χ1n) is 9.52. The molecule has 0 bridgehead atoms. The summed E-state index contributed by atoms with van der Waals surface area (Å²) in [5.41, 5.74) is 3.78. The normalized spacial score (nSPS) is 10.2. The Morgan fingerprint density at radius 1 is 1.07 bits per heavy atom. The summed E-state index contributed by atoms with van der Waals surface area (Å²) >= 11 is 0. The van der Waals surface area contributed by atoms with Crippen molar-refractivity contribution in [2.24, 2.45) is 0 Å². The molecule has 1 amide bonds. The van der Waals surface area contributed by atoms with Gasteiger partial charge in [-0.1, -0.05) is 17.7 Å². The van der Waals surface area contributed by atoms with E-state index < -0.39 is 12.6 Å². The lowest BCUT2D eigenvalue weighted by Gasteiger charge is -2.22. The maximum atomic E-state index is 12.7. The molecule has 0 aromatic heterocycles. The number of carbonyl (C=O) groups is 2. The summed E-state index contributed by atoms with van der Waals surface area (Å²) in [4.78, 5) is 26.7. The van der Waals surface area contributed by atoms with Crippen LogP contribution in [0.2, 0.25) is 0 Å². The molecule has 0 unspecified atom stereocenters. The topological polar surface area (TPSA) is 79.6 Å². The maximum absolute atomic E-state index is 12.7. The van der Waals surface area contributed by atoms with Crippen molar-refractivity contribution >= 4 is 17.6 Å². The van der Waals surface area contributed by atoms with E-state index in [0.29, 0.717) is 23.6 Å². The zero-order chi connectivity index (χ0) is 21.4. The van der Waals surface area contributed by atoms with E-state index >= 15 is 0 Å². The molecule has 0 saturated heterocycles. The quantitative estimate of drug-likeness (QED) is 0.630. The maximum Gasteiger partial charge on any atom is 0.339 e. The highest BCUT2D eigenvalue weighted by Crippen LogP contribution is 2.21. The van der Waals surface area contributed by atoms with E-state index in [2.05, 4.69) is 0 Å². The standard InChI is InChI=1S/C23H26N2O4/c1-5-28-20-9-7-19(8-10-20)25(12-6-11-24)21(26)15-29-23(27)22-17(3)13-16(2)14-18(22)4/h7-10,13-14H,5-6,12,15H2,1-4H3. The van der Waals surface area contributed by atoms with Gasteiger partial charge in [-0.25, -0.2) is 4.79 Å². The summed E-state index contributed by atoms with van der Waals surface area (Å²) in [6, 6.07) is 12.9. The third-order valence-corrected chi connectivity index (χ3v) is 4.42. The van der Waals surface area contributed by atoms with Gasteiger partial charge in [-0.2, -0.15) is 5.26 Å². The summed E-state index contributed by atoms with van der Waals surface area (Å²) in [6.45, 7) is 7.90. The zero-order valence-electron chi connectivity index (χ0n) is 17.3. The number of nitriles is 1. The van der Waals surface area contributed by atoms with Gasteiger partial charge < -0.3 is 14.4 Å². The fraction of sp³-hybridized carbons (Fsp3) is 0.348. The Morgan fingerprint density at radius 3 is 2.24 bits per heavy atom. The summed E-state index contributed by atoms with van der Waals surface area (Å²) < 4.78 is 10.7. The van der Waals surface area contributed by atoms with Crippen LogP contribution in [0.25, 0.3) is 0 Å². The number of carbonyl (C=O) groups excluding carboxylic acids is 2. The van der Waals surface area contributed by atoms with Gasteiger partial charge in [0.2, 0.25) is 0 Å². The highest BCUT2D eigenvalue weighted by atomic mass is 16.5. The Balaban J connectivity index is 2.12. The second kappa shape index (κ2) is 10.3. The van der Waals surface area contributed by atoms with Gasteiger partial charge in [0, 0.05) is 12.2 Å². The molecule has 0 N–H and O–H groups in total. The lowest BCUT2D eigenvalue weighted by molar-refractivity contribution is -0.121. The number of amides is 1. The SMILES string of the molecule is CCOc1ccc(N(CCC#N)C(=O)COC(=O)c2c(C)cc(C)cc2C)cc1. The van der Waals surface area contributed by atoms with Crippen molar-refractivity contribution in [2.45, 2.75) is 34.1 Å². The minimum Gasteiger partial charge on any atom is -0.494 e. The molecule has 2 aromatic carbocycles. The molecule has 2 rings (SSSR count). The Bertz CT molecular complexity index is 890. The van der Waals surface area contributed by atoms with Crippen LogP contribution in [0.1, 0.15) is 40.4 Å². The number of anilines is 1. The monoisotopic (exact) mass is 394 g/mol. The Morgan fingerprint density at radius 2 is 1.69 bits per heavy atom. The number of hydrogen-bond acceptors (Lipinski definition) is 5. The number of nitrogens with zero attached hydrogens (tertiary/aromatic N) is 2. The number of hydrogen-bond donors (Lipinski definition) is 0. The van der Waals surface area contributed by atoms with Gasteiger partial charge in [0.1, 0.15) is 5.75 Å². The van der Waals surface area contributed by atoms with Crippen LogP contribution in [0.5, 0.6) is 5.75 Å². The van der Waals surface area contributed by atoms with Crippen LogP contribution >= 0.6 is 0 Å². The van der Waals surface area contributed by atoms with Gasteiger partial charge in [-0.05, 0) is 63.1 Å². The fourth-order valence-corrected chi connectivity index (χ4v) is 3.23. The minimum absolute atomic E-state index is 0.170. The molecule has 0 aliphatic heterocycles. The highest BCUT2D eigenvalue weighted by Gasteiger charge is 2.20. The van der Waals surface area contributed by atoms with Crippen LogP contribution < -0.4 is 9.64 Å². The van der Waals surface area contributed by atoms with E-state index in [1.54, 1.807) is 24.3 Å². The van der Waals surface area contributed by atoms with E-state index in [4.69, 9.17) is 14.7 Å². The number of aryl methyl sites for hydroxylation is 3. The Hall–Kier alpha value is -3.33. The molecule has 0 aliphatic carbocycles. The van der Waals surface area contributed by atoms with Crippen molar-refractivity contribution in [3.63, 3.8) is 0 Å². The van der Waals surface area contributed by atoms with Crippen LogP contribution in [-0.2, 0) is 9.53 Å². The lowest BCUT2D eigenvalue weighted by Crippen LogP contribution is -2.35. The van der Waals surface area contributed by atoms with Crippen molar-refractivity contribution < 1.29 is 19.1 Å². The molecule has 2 aromatic rings. The fourth-order valence-electron chi connectivity index (χ4n) is 3.23. The summed E-state index contributed by atoms with van der Waals surface area (Å²) in [7, 11) is 0. The highest BCUT2D eigenvalue weighted by molar-refractivity contribution is 5.98. The molecule has 6 heteroatoms. The van der Waals surface area contributed by atoms with Crippen LogP contribution in [0, 0.1) is 32.1 Å². The number of ether oxygens (including phenoxy) is 2. The molecule has 0 fully saturated rings. The van der Waals surface area contributed by atoms with Gasteiger partial charge in [-0.15, -0.1) is 0 Å². The van der Waals surface area contributed by atoms with Crippen LogP contribution in [0.15, 0.2) is 36.4 Å². The van der Waals surface area contributed by atoms with Crippen LogP contribution in [-0.4, -0.2) is 31.6 Å². The first-order valence-corrected chi connectivity index (χ1v) is 9.52. The summed E-state index contributed by atoms with van der Waals surface area (Å²) in [5.74, 6) is -0.221.